The predicted molar refractivity (Wildman–Crippen MR) is 90.5 cm³/mol. The molecule has 0 saturated carbocycles. The monoisotopic (exact) mass is 401 g/mol. The zero-order valence-electron chi connectivity index (χ0n) is 10.5. The van der Waals surface area contributed by atoms with Gasteiger partial charge in [0, 0.05) is 14.6 Å². The third kappa shape index (κ3) is 2.36. The van der Waals surface area contributed by atoms with Crippen LogP contribution in [0.5, 0.6) is 0 Å². The van der Waals surface area contributed by atoms with Crippen LogP contribution in [0.3, 0.4) is 0 Å². The lowest BCUT2D eigenvalue weighted by molar-refractivity contribution is 0.643. The minimum Gasteiger partial charge on any atom is -0.331 e. The second-order valence-corrected chi connectivity index (χ2v) is 6.99. The number of thiazole rings is 1. The number of aryl methyl sites for hydroxylation is 1. The SMILES string of the molecule is Cc1csc(C(C)n2c(=S)[nH]c3cc(I)ccc32)n1. The van der Waals surface area contributed by atoms with Crippen LogP contribution in [0.4, 0.5) is 0 Å². The number of hydrogen-bond acceptors (Lipinski definition) is 3. The van der Waals surface area contributed by atoms with E-state index >= 15 is 0 Å². The van der Waals surface area contributed by atoms with Crippen molar-refractivity contribution in [3.05, 3.63) is 42.6 Å². The fourth-order valence-corrected chi connectivity index (χ4v) is 3.86. The van der Waals surface area contributed by atoms with Crippen LogP contribution < -0.4 is 0 Å². The second kappa shape index (κ2) is 4.99. The maximum atomic E-state index is 5.46. The lowest BCUT2D eigenvalue weighted by Gasteiger charge is -2.11. The van der Waals surface area contributed by atoms with Crippen molar-refractivity contribution in [2.75, 3.05) is 0 Å². The highest BCUT2D eigenvalue weighted by atomic mass is 127. The molecular weight excluding hydrogens is 389 g/mol. The average molecular weight is 401 g/mol. The van der Waals surface area contributed by atoms with Gasteiger partial charge in [-0.25, -0.2) is 4.98 Å². The summed E-state index contributed by atoms with van der Waals surface area (Å²) >= 11 is 9.45. The maximum Gasteiger partial charge on any atom is 0.178 e. The van der Waals surface area contributed by atoms with Crippen molar-refractivity contribution in [2.24, 2.45) is 0 Å². The average Bonchev–Trinajstić information content (AvgIpc) is 2.91. The van der Waals surface area contributed by atoms with Gasteiger partial charge in [0.05, 0.1) is 17.1 Å². The van der Waals surface area contributed by atoms with Crippen molar-refractivity contribution in [3.63, 3.8) is 0 Å². The lowest BCUT2D eigenvalue weighted by atomic mass is 10.3. The number of benzene rings is 1. The Hall–Kier alpha value is -0.730. The van der Waals surface area contributed by atoms with E-state index < -0.39 is 0 Å². The van der Waals surface area contributed by atoms with Crippen LogP contribution >= 0.6 is 46.1 Å². The molecule has 0 radical (unpaired) electrons. The largest absolute Gasteiger partial charge is 0.331 e. The van der Waals surface area contributed by atoms with Crippen LogP contribution in [-0.2, 0) is 0 Å². The van der Waals surface area contributed by atoms with E-state index in [4.69, 9.17) is 12.2 Å². The molecule has 0 spiro atoms. The van der Waals surface area contributed by atoms with Crippen LogP contribution in [0.1, 0.15) is 23.7 Å². The number of nitrogens with zero attached hydrogens (tertiary/aromatic N) is 2. The van der Waals surface area contributed by atoms with Crippen LogP contribution in [0.25, 0.3) is 11.0 Å². The minimum atomic E-state index is 0.153. The Morgan fingerprint density at radius 2 is 2.26 bits per heavy atom. The van der Waals surface area contributed by atoms with Gasteiger partial charge in [0.1, 0.15) is 5.01 Å². The van der Waals surface area contributed by atoms with Crippen molar-refractivity contribution in [1.29, 1.82) is 0 Å². The first-order valence-corrected chi connectivity index (χ1v) is 8.24. The number of hydrogen-bond donors (Lipinski definition) is 1. The first-order valence-electron chi connectivity index (χ1n) is 5.88. The molecule has 6 heteroatoms. The third-order valence-electron chi connectivity index (χ3n) is 3.06. The Morgan fingerprint density at radius 1 is 1.47 bits per heavy atom. The van der Waals surface area contributed by atoms with Gasteiger partial charge in [-0.05, 0) is 66.9 Å². The fraction of sp³-hybridized carbons (Fsp3) is 0.231. The predicted octanol–water partition coefficient (Wildman–Crippen LogP) is 4.68. The molecule has 3 nitrogen and oxygen atoms in total. The zero-order chi connectivity index (χ0) is 13.6. The van der Waals surface area contributed by atoms with Crippen LogP contribution in [-0.4, -0.2) is 14.5 Å². The molecule has 1 aromatic carbocycles. The van der Waals surface area contributed by atoms with E-state index in [0.29, 0.717) is 0 Å². The highest BCUT2D eigenvalue weighted by molar-refractivity contribution is 14.1. The number of aromatic nitrogens is 3. The number of imidazole rings is 1. The first-order chi connectivity index (χ1) is 9.06. The summed E-state index contributed by atoms with van der Waals surface area (Å²) in [5, 5.41) is 3.17. The fourth-order valence-electron chi connectivity index (χ4n) is 2.16. The number of rotatable bonds is 2. The summed E-state index contributed by atoms with van der Waals surface area (Å²) < 4.78 is 4.09. The molecule has 98 valence electrons. The summed E-state index contributed by atoms with van der Waals surface area (Å²) in [7, 11) is 0. The van der Waals surface area contributed by atoms with Crippen LogP contribution in [0, 0.1) is 15.3 Å². The van der Waals surface area contributed by atoms with Crippen molar-refractivity contribution in [2.45, 2.75) is 19.9 Å². The molecule has 1 N–H and O–H groups in total. The van der Waals surface area contributed by atoms with Gasteiger partial charge in [0.25, 0.3) is 0 Å². The van der Waals surface area contributed by atoms with Crippen LogP contribution in [0.2, 0.25) is 0 Å². The molecule has 2 aromatic heterocycles. The molecule has 19 heavy (non-hydrogen) atoms. The molecule has 0 fully saturated rings. The summed E-state index contributed by atoms with van der Waals surface area (Å²) in [5.41, 5.74) is 3.27. The van der Waals surface area contributed by atoms with Crippen molar-refractivity contribution < 1.29 is 0 Å². The van der Waals surface area contributed by atoms with E-state index in [9.17, 15) is 0 Å². The molecule has 0 amide bonds. The van der Waals surface area contributed by atoms with Gasteiger partial charge in [0.2, 0.25) is 0 Å². The molecule has 0 aliphatic heterocycles. The normalized spacial score (nSPS) is 13.0. The molecule has 1 unspecified atom stereocenters. The Morgan fingerprint density at radius 3 is 2.95 bits per heavy atom. The number of H-pyrrole nitrogens is 1. The number of aromatic amines is 1. The number of fused-ring (bicyclic) bond motifs is 1. The van der Waals surface area contributed by atoms with Gasteiger partial charge in [-0.15, -0.1) is 11.3 Å². The van der Waals surface area contributed by atoms with Gasteiger partial charge < -0.3 is 9.55 Å². The zero-order valence-corrected chi connectivity index (χ0v) is 14.3. The maximum absolute atomic E-state index is 5.46. The van der Waals surface area contributed by atoms with Crippen molar-refractivity contribution in [3.8, 4) is 0 Å². The highest BCUT2D eigenvalue weighted by Gasteiger charge is 2.15. The van der Waals surface area contributed by atoms with Gasteiger partial charge in [0.15, 0.2) is 4.77 Å². The number of nitrogens with one attached hydrogen (secondary N) is 1. The summed E-state index contributed by atoms with van der Waals surface area (Å²) in [6.07, 6.45) is 0. The quantitative estimate of drug-likeness (QED) is 0.500. The molecule has 0 aliphatic rings. The molecular formula is C13H12IN3S2. The molecule has 3 aromatic rings. The Labute approximate surface area is 133 Å². The van der Waals surface area contributed by atoms with E-state index in [1.54, 1.807) is 11.3 Å². The van der Waals surface area contributed by atoms with E-state index in [0.717, 1.165) is 26.5 Å². The molecule has 2 heterocycles. The molecule has 0 aliphatic carbocycles. The number of halogens is 1. The van der Waals surface area contributed by atoms with E-state index in [1.165, 1.54) is 3.57 Å². The Balaban J connectivity index is 2.19. The molecule has 3 rings (SSSR count). The summed E-state index contributed by atoms with van der Waals surface area (Å²) in [6.45, 7) is 4.16. The standard InChI is InChI=1S/C13H12IN3S2/c1-7-6-19-12(15-7)8(2)17-11-4-3-9(14)5-10(11)16-13(17)18/h3-6,8H,1-2H3,(H,16,18). The van der Waals surface area contributed by atoms with Crippen molar-refractivity contribution in [1.82, 2.24) is 14.5 Å². The molecule has 0 bridgehead atoms. The molecule has 1 atom stereocenters. The van der Waals surface area contributed by atoms with Gasteiger partial charge in [-0.2, -0.15) is 0 Å². The van der Waals surface area contributed by atoms with Gasteiger partial charge in [-0.1, -0.05) is 0 Å². The van der Waals surface area contributed by atoms with Crippen LogP contribution in [0.15, 0.2) is 23.6 Å². The van der Waals surface area contributed by atoms with Crippen molar-refractivity contribution >= 4 is 57.2 Å². The van der Waals surface area contributed by atoms with E-state index in [1.807, 2.05) is 6.92 Å². The third-order valence-corrected chi connectivity index (χ3v) is 5.16. The van der Waals surface area contributed by atoms with Gasteiger partial charge in [-0.3, -0.25) is 0 Å². The molecule has 0 saturated heterocycles. The smallest absolute Gasteiger partial charge is 0.178 e. The Kier molecular flexibility index (Phi) is 3.48. The topological polar surface area (TPSA) is 33.6 Å². The van der Waals surface area contributed by atoms with E-state index in [2.05, 4.69) is 67.6 Å². The first kappa shape index (κ1) is 13.3. The lowest BCUT2D eigenvalue weighted by Crippen LogP contribution is -2.06. The summed E-state index contributed by atoms with van der Waals surface area (Å²) in [4.78, 5) is 7.84. The van der Waals surface area contributed by atoms with E-state index in [-0.39, 0.29) is 6.04 Å². The second-order valence-electron chi connectivity index (χ2n) is 4.46. The summed E-state index contributed by atoms with van der Waals surface area (Å²) in [5.74, 6) is 0. The Bertz CT molecular complexity index is 800. The highest BCUT2D eigenvalue weighted by Crippen LogP contribution is 2.27. The van der Waals surface area contributed by atoms with Gasteiger partial charge >= 0.3 is 0 Å². The summed E-state index contributed by atoms with van der Waals surface area (Å²) in [6, 6.07) is 6.48. The minimum absolute atomic E-state index is 0.153.